The fourth-order valence-electron chi connectivity index (χ4n) is 1.26. The first-order valence-corrected chi connectivity index (χ1v) is 4.03. The average molecular weight is 142 g/mol. The van der Waals surface area contributed by atoms with E-state index in [1.54, 1.807) is 0 Å². The normalized spacial score (nSPS) is 27.3. The minimum Gasteiger partial charge on any atom is -0.378 e. The lowest BCUT2D eigenvalue weighted by atomic mass is 10.0. The fraction of sp³-hybridized carbons (Fsp3) is 1.00. The third kappa shape index (κ3) is 2.67. The first-order valence-electron chi connectivity index (χ1n) is 4.03. The van der Waals surface area contributed by atoms with Gasteiger partial charge in [0.2, 0.25) is 0 Å². The quantitative estimate of drug-likeness (QED) is 0.565. The van der Waals surface area contributed by atoms with E-state index in [0.717, 1.165) is 25.7 Å². The van der Waals surface area contributed by atoms with Gasteiger partial charge in [-0.15, -0.1) is 0 Å². The third-order valence-electron chi connectivity index (χ3n) is 1.68. The first kappa shape index (κ1) is 8.02. The lowest BCUT2D eigenvalue weighted by Gasteiger charge is -2.23. The van der Waals surface area contributed by atoms with Gasteiger partial charge in [0.15, 0.2) is 0 Å². The molecule has 1 atom stereocenters. The van der Waals surface area contributed by atoms with E-state index in [9.17, 15) is 0 Å². The van der Waals surface area contributed by atoms with Gasteiger partial charge in [-0.1, -0.05) is 13.8 Å². The minimum atomic E-state index is 0.480. The van der Waals surface area contributed by atoms with E-state index in [1.807, 2.05) is 0 Å². The van der Waals surface area contributed by atoms with E-state index < -0.39 is 0 Å². The van der Waals surface area contributed by atoms with Gasteiger partial charge in [0.05, 0.1) is 13.2 Å². The Labute approximate surface area is 63.0 Å². The van der Waals surface area contributed by atoms with Crippen LogP contribution in [0.25, 0.3) is 0 Å². The summed E-state index contributed by atoms with van der Waals surface area (Å²) < 4.78 is 5.29. The molecule has 1 unspecified atom stereocenters. The average Bonchev–Trinajstić information content (AvgIpc) is 1.88. The summed E-state index contributed by atoms with van der Waals surface area (Å²) in [4.78, 5) is 0. The zero-order valence-electron chi connectivity index (χ0n) is 6.84. The molecule has 0 aliphatic carbocycles. The molecule has 1 fully saturated rings. The van der Waals surface area contributed by atoms with Crippen LogP contribution in [0.2, 0.25) is 0 Å². The largest absolute Gasteiger partial charge is 0.378 e. The van der Waals surface area contributed by atoms with Crippen LogP contribution < -0.4 is 5.32 Å². The molecule has 1 aliphatic heterocycles. The zero-order chi connectivity index (χ0) is 7.40. The van der Waals surface area contributed by atoms with Crippen LogP contribution in [0, 0.1) is 5.92 Å². The second-order valence-corrected chi connectivity index (χ2v) is 3.26. The Kier molecular flexibility index (Phi) is 3.16. The van der Waals surface area contributed by atoms with Crippen molar-refractivity contribution >= 4 is 0 Å². The van der Waals surface area contributed by atoms with Gasteiger partial charge in [-0.05, 0) is 12.3 Å². The van der Waals surface area contributed by atoms with Crippen molar-refractivity contribution in [2.24, 2.45) is 5.92 Å². The van der Waals surface area contributed by atoms with Crippen LogP contribution in [0.4, 0.5) is 0 Å². The molecule has 0 aromatic carbocycles. The summed E-state index contributed by atoms with van der Waals surface area (Å²) in [6, 6.07) is 0.480. The molecule has 10 heavy (non-hydrogen) atoms. The van der Waals surface area contributed by atoms with Gasteiger partial charge in [0, 0.05) is 12.6 Å². The zero-order valence-corrected chi connectivity index (χ0v) is 6.84. The van der Waals surface area contributed by atoms with Gasteiger partial charge >= 0.3 is 0 Å². The molecule has 1 rings (SSSR count). The van der Waals surface area contributed by atoms with Crippen molar-refractivity contribution in [3.8, 4) is 0 Å². The molecule has 0 N–H and O–H groups in total. The van der Waals surface area contributed by atoms with Gasteiger partial charge in [0.1, 0.15) is 0 Å². The molecule has 1 heterocycles. The summed E-state index contributed by atoms with van der Waals surface area (Å²) in [6.45, 7) is 7.03. The van der Waals surface area contributed by atoms with Crippen molar-refractivity contribution < 1.29 is 4.74 Å². The lowest BCUT2D eigenvalue weighted by molar-refractivity contribution is 0.0678. The van der Waals surface area contributed by atoms with Crippen LogP contribution >= 0.6 is 0 Å². The van der Waals surface area contributed by atoms with E-state index >= 15 is 0 Å². The Morgan fingerprint density at radius 3 is 2.90 bits per heavy atom. The Hall–Kier alpha value is -0.0800. The summed E-state index contributed by atoms with van der Waals surface area (Å²) in [7, 11) is 0. The predicted octanol–water partition coefficient (Wildman–Crippen LogP) is 1.04. The van der Waals surface area contributed by atoms with E-state index in [4.69, 9.17) is 4.74 Å². The van der Waals surface area contributed by atoms with Crippen molar-refractivity contribution in [3.05, 3.63) is 0 Å². The second-order valence-electron chi connectivity index (χ2n) is 3.26. The van der Waals surface area contributed by atoms with Gasteiger partial charge < -0.3 is 4.74 Å². The molecule has 1 aliphatic rings. The molecule has 2 nitrogen and oxygen atoms in total. The Bertz CT molecular complexity index is 87.3. The molecule has 59 valence electrons. The maximum absolute atomic E-state index is 5.29. The maximum Gasteiger partial charge on any atom is 0.0636 e. The van der Waals surface area contributed by atoms with Crippen LogP contribution in [0.1, 0.15) is 20.3 Å². The number of ether oxygens (including phenoxy) is 1. The Balaban J connectivity index is 2.13. The van der Waals surface area contributed by atoms with E-state index in [2.05, 4.69) is 19.2 Å². The molecular formula is C8H16NO. The Morgan fingerprint density at radius 1 is 1.60 bits per heavy atom. The third-order valence-corrected chi connectivity index (χ3v) is 1.68. The minimum absolute atomic E-state index is 0.480. The summed E-state index contributed by atoms with van der Waals surface area (Å²) in [5.41, 5.74) is 0. The molecule has 2 heteroatoms. The van der Waals surface area contributed by atoms with E-state index in [0.29, 0.717) is 6.04 Å². The van der Waals surface area contributed by atoms with Crippen molar-refractivity contribution in [2.75, 3.05) is 19.8 Å². The van der Waals surface area contributed by atoms with E-state index in [1.165, 1.54) is 6.42 Å². The highest BCUT2D eigenvalue weighted by molar-refractivity contribution is 4.70. The standard InChI is InChI=1S/C8H16NO/c1-7(2)5-8-6-10-4-3-9-8/h7-8H,3-6H2,1-2H3. The lowest BCUT2D eigenvalue weighted by Crippen LogP contribution is -2.36. The van der Waals surface area contributed by atoms with Crippen molar-refractivity contribution in [1.29, 1.82) is 0 Å². The predicted molar refractivity (Wildman–Crippen MR) is 41.1 cm³/mol. The van der Waals surface area contributed by atoms with Crippen LogP contribution in [0.5, 0.6) is 0 Å². The summed E-state index contributed by atoms with van der Waals surface area (Å²) in [5.74, 6) is 0.746. The topological polar surface area (TPSA) is 23.3 Å². The molecule has 0 bridgehead atoms. The molecular weight excluding hydrogens is 126 g/mol. The molecule has 0 aromatic rings. The fourth-order valence-corrected chi connectivity index (χ4v) is 1.26. The van der Waals surface area contributed by atoms with Gasteiger partial charge in [-0.3, -0.25) is 0 Å². The molecule has 0 spiro atoms. The van der Waals surface area contributed by atoms with Crippen LogP contribution in [-0.2, 0) is 4.74 Å². The van der Waals surface area contributed by atoms with Crippen LogP contribution in [-0.4, -0.2) is 25.8 Å². The van der Waals surface area contributed by atoms with Gasteiger partial charge in [-0.25, -0.2) is 5.32 Å². The number of rotatable bonds is 2. The molecule has 1 saturated heterocycles. The molecule has 0 amide bonds. The SMILES string of the molecule is CC(C)CC1COCC[N]1. The summed E-state index contributed by atoms with van der Waals surface area (Å²) in [5, 5.41) is 4.44. The van der Waals surface area contributed by atoms with Crippen molar-refractivity contribution in [2.45, 2.75) is 26.3 Å². The van der Waals surface area contributed by atoms with Crippen LogP contribution in [0.15, 0.2) is 0 Å². The highest BCUT2D eigenvalue weighted by atomic mass is 16.5. The van der Waals surface area contributed by atoms with E-state index in [-0.39, 0.29) is 0 Å². The van der Waals surface area contributed by atoms with Gasteiger partial charge in [-0.2, -0.15) is 0 Å². The molecule has 1 radical (unpaired) electrons. The number of nitrogens with zero attached hydrogens (tertiary/aromatic N) is 1. The van der Waals surface area contributed by atoms with Crippen LogP contribution in [0.3, 0.4) is 0 Å². The summed E-state index contributed by atoms with van der Waals surface area (Å²) >= 11 is 0. The highest BCUT2D eigenvalue weighted by Crippen LogP contribution is 2.07. The van der Waals surface area contributed by atoms with Crippen molar-refractivity contribution in [1.82, 2.24) is 5.32 Å². The smallest absolute Gasteiger partial charge is 0.0636 e. The number of morpholine rings is 1. The number of hydrogen-bond acceptors (Lipinski definition) is 1. The Morgan fingerprint density at radius 2 is 2.40 bits per heavy atom. The molecule has 0 saturated carbocycles. The number of hydrogen-bond donors (Lipinski definition) is 0. The first-order chi connectivity index (χ1) is 4.79. The monoisotopic (exact) mass is 142 g/mol. The molecule has 0 aromatic heterocycles. The van der Waals surface area contributed by atoms with Crippen molar-refractivity contribution in [3.63, 3.8) is 0 Å². The summed E-state index contributed by atoms with van der Waals surface area (Å²) in [6.07, 6.45) is 1.18. The second kappa shape index (κ2) is 3.94. The highest BCUT2D eigenvalue weighted by Gasteiger charge is 2.14. The maximum atomic E-state index is 5.29. The van der Waals surface area contributed by atoms with Gasteiger partial charge in [0.25, 0.3) is 0 Å².